The second-order valence-corrected chi connectivity index (χ2v) is 7.68. The lowest BCUT2D eigenvalue weighted by Crippen LogP contribution is -2.39. The van der Waals surface area contributed by atoms with Gasteiger partial charge in [0, 0.05) is 32.2 Å². The molecule has 1 aliphatic rings. The van der Waals surface area contributed by atoms with E-state index in [1.54, 1.807) is 16.7 Å². The molecule has 0 unspecified atom stereocenters. The number of para-hydroxylation sites is 1. The van der Waals surface area contributed by atoms with E-state index in [1.807, 2.05) is 30.3 Å². The van der Waals surface area contributed by atoms with Crippen LogP contribution in [0.4, 0.5) is 0 Å². The Morgan fingerprint density at radius 1 is 0.967 bits per heavy atom. The van der Waals surface area contributed by atoms with Gasteiger partial charge in [0.2, 0.25) is 0 Å². The van der Waals surface area contributed by atoms with Crippen LogP contribution >= 0.6 is 24.0 Å². The van der Waals surface area contributed by atoms with Gasteiger partial charge in [0.05, 0.1) is 27.3 Å². The van der Waals surface area contributed by atoms with Crippen LogP contribution in [0.25, 0.3) is 16.6 Å². The summed E-state index contributed by atoms with van der Waals surface area (Å²) < 4.78 is 3.14. The molecule has 154 valence electrons. The van der Waals surface area contributed by atoms with Gasteiger partial charge >= 0.3 is 0 Å². The summed E-state index contributed by atoms with van der Waals surface area (Å²) in [5.74, 6) is 0. The Morgan fingerprint density at radius 2 is 1.70 bits per heavy atom. The van der Waals surface area contributed by atoms with Gasteiger partial charge in [0.25, 0.3) is 11.1 Å². The van der Waals surface area contributed by atoms with E-state index < -0.39 is 0 Å². The highest BCUT2D eigenvalue weighted by molar-refractivity contribution is 6.32. The molecular formula is C22H20Cl2N4O2. The van der Waals surface area contributed by atoms with E-state index in [9.17, 15) is 9.59 Å². The Labute approximate surface area is 183 Å². The Morgan fingerprint density at radius 3 is 2.47 bits per heavy atom. The van der Waals surface area contributed by atoms with Gasteiger partial charge in [-0.3, -0.25) is 19.6 Å². The molecule has 0 aliphatic carbocycles. The fourth-order valence-electron chi connectivity index (χ4n) is 4.03. The number of aromatic amines is 1. The average Bonchev–Trinajstić information content (AvgIpc) is 3.05. The molecule has 0 saturated carbocycles. The first-order chi connectivity index (χ1) is 14.1. The summed E-state index contributed by atoms with van der Waals surface area (Å²) in [7, 11) is 0. The van der Waals surface area contributed by atoms with Crippen molar-refractivity contribution < 1.29 is 0 Å². The van der Waals surface area contributed by atoms with Crippen molar-refractivity contribution in [2.75, 3.05) is 6.54 Å². The molecule has 4 aromatic rings. The second kappa shape index (κ2) is 8.14. The van der Waals surface area contributed by atoms with Crippen LogP contribution in [-0.2, 0) is 19.6 Å². The normalized spacial score (nSPS) is 13.8. The van der Waals surface area contributed by atoms with E-state index in [0.29, 0.717) is 34.7 Å². The molecule has 0 amide bonds. The fraction of sp³-hybridized carbons (Fsp3) is 0.182. The summed E-state index contributed by atoms with van der Waals surface area (Å²) in [6, 6.07) is 18.9. The number of hydrogen-bond donors (Lipinski definition) is 1. The number of nitrogens with one attached hydrogen (secondary N) is 1. The Balaban J connectivity index is 0.00000218. The molecule has 0 fully saturated rings. The zero-order valence-electron chi connectivity index (χ0n) is 16.0. The quantitative estimate of drug-likeness (QED) is 0.527. The molecule has 2 aromatic heterocycles. The third-order valence-corrected chi connectivity index (χ3v) is 5.74. The third-order valence-electron chi connectivity index (χ3n) is 5.42. The van der Waals surface area contributed by atoms with E-state index in [2.05, 4.69) is 22.1 Å². The number of aromatic nitrogens is 3. The van der Waals surface area contributed by atoms with Gasteiger partial charge in [0.15, 0.2) is 0 Å². The predicted octanol–water partition coefficient (Wildman–Crippen LogP) is 3.57. The molecule has 2 aromatic carbocycles. The van der Waals surface area contributed by atoms with E-state index in [1.165, 1.54) is 16.3 Å². The van der Waals surface area contributed by atoms with E-state index in [-0.39, 0.29) is 23.5 Å². The number of fused-ring (bicyclic) bond motifs is 3. The summed E-state index contributed by atoms with van der Waals surface area (Å²) in [5.41, 5.74) is 2.77. The first kappa shape index (κ1) is 20.5. The van der Waals surface area contributed by atoms with Crippen LogP contribution in [0.3, 0.4) is 0 Å². The standard InChI is InChI=1S/C22H19ClN4O2.ClH/c23-16-8-4-5-9-18(16)27-22(29)21-17(24-27)12-20(28)26-11-10-25(14-19(21)26)13-15-6-2-1-3-7-15;/h1-9,12,24H,10-11,13-14H2;1H. The van der Waals surface area contributed by atoms with Crippen LogP contribution in [-0.4, -0.2) is 25.8 Å². The van der Waals surface area contributed by atoms with Crippen LogP contribution in [0.15, 0.2) is 70.3 Å². The van der Waals surface area contributed by atoms with Crippen molar-refractivity contribution in [3.05, 3.63) is 97.7 Å². The Bertz CT molecular complexity index is 1320. The zero-order valence-corrected chi connectivity index (χ0v) is 17.6. The summed E-state index contributed by atoms with van der Waals surface area (Å²) >= 11 is 6.29. The van der Waals surface area contributed by atoms with Crippen LogP contribution < -0.4 is 11.1 Å². The highest BCUT2D eigenvalue weighted by Crippen LogP contribution is 2.22. The zero-order chi connectivity index (χ0) is 20.0. The molecule has 1 N–H and O–H groups in total. The lowest BCUT2D eigenvalue weighted by molar-refractivity contribution is 0.211. The lowest BCUT2D eigenvalue weighted by atomic mass is 10.1. The first-order valence-electron chi connectivity index (χ1n) is 9.50. The molecule has 0 bridgehead atoms. The van der Waals surface area contributed by atoms with Crippen LogP contribution in [0.1, 0.15) is 11.3 Å². The second-order valence-electron chi connectivity index (χ2n) is 7.27. The number of halogens is 2. The highest BCUT2D eigenvalue weighted by Gasteiger charge is 2.23. The minimum atomic E-state index is -0.196. The molecule has 0 saturated heterocycles. The van der Waals surface area contributed by atoms with Crippen molar-refractivity contribution in [3.8, 4) is 5.69 Å². The van der Waals surface area contributed by atoms with Crippen molar-refractivity contribution >= 4 is 34.9 Å². The number of nitrogens with zero attached hydrogens (tertiary/aromatic N) is 3. The van der Waals surface area contributed by atoms with Crippen molar-refractivity contribution in [1.82, 2.24) is 19.2 Å². The fourth-order valence-corrected chi connectivity index (χ4v) is 4.25. The number of hydrogen-bond acceptors (Lipinski definition) is 3. The highest BCUT2D eigenvalue weighted by atomic mass is 35.5. The van der Waals surface area contributed by atoms with Gasteiger partial charge in [0.1, 0.15) is 0 Å². The van der Waals surface area contributed by atoms with Crippen molar-refractivity contribution in [2.24, 2.45) is 0 Å². The number of benzene rings is 2. The molecular weight excluding hydrogens is 423 g/mol. The van der Waals surface area contributed by atoms with Crippen molar-refractivity contribution in [3.63, 3.8) is 0 Å². The lowest BCUT2D eigenvalue weighted by Gasteiger charge is -2.30. The maximum absolute atomic E-state index is 13.3. The molecule has 0 radical (unpaired) electrons. The van der Waals surface area contributed by atoms with E-state index in [4.69, 9.17) is 11.6 Å². The van der Waals surface area contributed by atoms with Gasteiger partial charge < -0.3 is 4.57 Å². The molecule has 8 heteroatoms. The Kier molecular flexibility index (Phi) is 5.56. The molecule has 5 rings (SSSR count). The maximum Gasteiger partial charge on any atom is 0.280 e. The number of pyridine rings is 1. The molecule has 0 spiro atoms. The smallest absolute Gasteiger partial charge is 0.280 e. The van der Waals surface area contributed by atoms with Gasteiger partial charge in [-0.05, 0) is 17.7 Å². The first-order valence-corrected chi connectivity index (χ1v) is 9.88. The van der Waals surface area contributed by atoms with Gasteiger partial charge in [-0.15, -0.1) is 12.4 Å². The largest absolute Gasteiger partial charge is 0.309 e. The van der Waals surface area contributed by atoms with Gasteiger partial charge in [-0.25, -0.2) is 4.68 Å². The molecule has 6 nitrogen and oxygen atoms in total. The van der Waals surface area contributed by atoms with Crippen molar-refractivity contribution in [2.45, 2.75) is 19.6 Å². The molecule has 30 heavy (non-hydrogen) atoms. The minimum Gasteiger partial charge on any atom is -0.309 e. The van der Waals surface area contributed by atoms with Crippen molar-refractivity contribution in [1.29, 1.82) is 0 Å². The monoisotopic (exact) mass is 442 g/mol. The van der Waals surface area contributed by atoms with Gasteiger partial charge in [-0.1, -0.05) is 54.1 Å². The third kappa shape index (κ3) is 3.47. The summed E-state index contributed by atoms with van der Waals surface area (Å²) in [4.78, 5) is 28.2. The van der Waals surface area contributed by atoms with E-state index in [0.717, 1.165) is 18.8 Å². The minimum absolute atomic E-state index is 0. The molecule has 0 atom stereocenters. The van der Waals surface area contributed by atoms with Gasteiger partial charge in [-0.2, -0.15) is 0 Å². The summed E-state index contributed by atoms with van der Waals surface area (Å²) in [6.07, 6.45) is 0. The SMILES string of the molecule is Cl.O=c1c2c3n(c(=O)cc2[nH]n1-c1ccccc1Cl)CCN(Cc1ccccc1)C3. The van der Waals surface area contributed by atoms with Crippen LogP contribution in [0.5, 0.6) is 0 Å². The average molecular weight is 443 g/mol. The molecule has 3 heterocycles. The Hall–Kier alpha value is -2.80. The summed E-state index contributed by atoms with van der Waals surface area (Å²) in [6.45, 7) is 2.63. The maximum atomic E-state index is 13.3. The molecule has 1 aliphatic heterocycles. The number of rotatable bonds is 3. The van der Waals surface area contributed by atoms with Crippen LogP contribution in [0.2, 0.25) is 5.02 Å². The number of H-pyrrole nitrogens is 1. The topological polar surface area (TPSA) is 63.0 Å². The van der Waals surface area contributed by atoms with E-state index >= 15 is 0 Å². The predicted molar refractivity (Wildman–Crippen MR) is 121 cm³/mol. The summed E-state index contributed by atoms with van der Waals surface area (Å²) in [5, 5.41) is 4.08. The van der Waals surface area contributed by atoms with Crippen LogP contribution in [0, 0.1) is 0 Å².